The van der Waals surface area contributed by atoms with Gasteiger partial charge < -0.3 is 10.0 Å². The Bertz CT molecular complexity index is 1330. The number of hydrogen-bond donors (Lipinski definition) is 1. The maximum absolute atomic E-state index is 13.3. The van der Waals surface area contributed by atoms with E-state index in [1.54, 1.807) is 59.5 Å². The number of likely N-dealkylation sites (tertiary alicyclic amines) is 1. The van der Waals surface area contributed by atoms with Gasteiger partial charge >= 0.3 is 0 Å². The number of benzene rings is 2. The van der Waals surface area contributed by atoms with Crippen LogP contribution in [0.15, 0.2) is 59.4 Å². The van der Waals surface area contributed by atoms with E-state index < -0.39 is 0 Å². The van der Waals surface area contributed by atoms with Gasteiger partial charge in [-0.1, -0.05) is 36.4 Å². The molecule has 1 amide bonds. The van der Waals surface area contributed by atoms with E-state index in [1.165, 1.54) is 4.57 Å². The Hall–Kier alpha value is -3.63. The van der Waals surface area contributed by atoms with Crippen LogP contribution in [-0.4, -0.2) is 33.6 Å². The van der Waals surface area contributed by atoms with Crippen LogP contribution in [0.2, 0.25) is 0 Å². The highest BCUT2D eigenvalue weighted by Gasteiger charge is 2.23. The lowest BCUT2D eigenvalue weighted by Gasteiger charge is -2.26. The summed E-state index contributed by atoms with van der Waals surface area (Å²) in [7, 11) is 0. The zero-order valence-electron chi connectivity index (χ0n) is 16.8. The first-order valence-electron chi connectivity index (χ1n) is 10.1. The highest BCUT2D eigenvalue weighted by atomic mass is 32.1. The molecule has 3 aromatic rings. The minimum absolute atomic E-state index is 0.0372. The summed E-state index contributed by atoms with van der Waals surface area (Å²) in [6, 6.07) is 17.7. The van der Waals surface area contributed by atoms with Gasteiger partial charge in [-0.2, -0.15) is 5.26 Å². The van der Waals surface area contributed by atoms with Crippen molar-refractivity contribution in [2.75, 3.05) is 13.1 Å². The van der Waals surface area contributed by atoms with Gasteiger partial charge in [-0.15, -0.1) is 11.3 Å². The highest BCUT2D eigenvalue weighted by Crippen LogP contribution is 2.16. The van der Waals surface area contributed by atoms with E-state index in [-0.39, 0.29) is 22.8 Å². The Morgan fingerprint density at radius 3 is 2.39 bits per heavy atom. The molecule has 156 valence electrons. The third kappa shape index (κ3) is 4.16. The normalized spacial score (nSPS) is 15.5. The van der Waals surface area contributed by atoms with Crippen molar-refractivity contribution in [1.29, 1.82) is 5.26 Å². The summed E-state index contributed by atoms with van der Waals surface area (Å²) >= 11 is 1.09. The number of aromatic nitrogens is 1. The van der Waals surface area contributed by atoms with Crippen LogP contribution in [-0.2, 0) is 4.79 Å². The molecule has 0 aliphatic carbocycles. The number of carbonyl (C=O) groups is 1. The van der Waals surface area contributed by atoms with Crippen LogP contribution in [0.1, 0.15) is 24.8 Å². The fourth-order valence-electron chi connectivity index (χ4n) is 3.65. The zero-order valence-corrected chi connectivity index (χ0v) is 17.6. The summed E-state index contributed by atoms with van der Waals surface area (Å²) in [6.07, 6.45) is 4.48. The molecule has 4 rings (SSSR count). The van der Waals surface area contributed by atoms with Gasteiger partial charge in [0.1, 0.15) is 16.5 Å². The summed E-state index contributed by atoms with van der Waals surface area (Å²) in [5.41, 5.74) is 0.696. The molecule has 2 aromatic carbocycles. The standard InChI is InChI=1S/C24H21N3O3S/c25-16-19(22(29)26-13-7-2-8-14-26)24-27(18-10-3-1-4-11-18)23(30)21(31-24)15-17-9-5-6-12-20(17)28/h1,3-6,9-12,15,28H,2,7-8,13-14H2/b21-15-,24-19-. The van der Waals surface area contributed by atoms with Crippen molar-refractivity contribution in [3.63, 3.8) is 0 Å². The molecule has 1 aromatic heterocycles. The molecule has 0 atom stereocenters. The zero-order chi connectivity index (χ0) is 21.8. The van der Waals surface area contributed by atoms with Crippen molar-refractivity contribution in [3.05, 3.63) is 79.7 Å². The van der Waals surface area contributed by atoms with Crippen LogP contribution < -0.4 is 14.8 Å². The average molecular weight is 432 g/mol. The van der Waals surface area contributed by atoms with Gasteiger partial charge in [0.15, 0.2) is 5.57 Å². The number of para-hydroxylation sites is 2. The number of thiazole rings is 1. The topological polar surface area (TPSA) is 86.3 Å². The summed E-state index contributed by atoms with van der Waals surface area (Å²) in [5.74, 6) is -0.292. The van der Waals surface area contributed by atoms with Crippen molar-refractivity contribution >= 4 is 28.9 Å². The number of phenols is 1. The van der Waals surface area contributed by atoms with Crippen molar-refractivity contribution in [2.45, 2.75) is 19.3 Å². The first-order chi connectivity index (χ1) is 15.1. The van der Waals surface area contributed by atoms with Crippen LogP contribution in [0.25, 0.3) is 17.3 Å². The third-order valence-corrected chi connectivity index (χ3v) is 6.34. The van der Waals surface area contributed by atoms with E-state index in [0.717, 1.165) is 30.6 Å². The molecule has 1 aliphatic rings. The van der Waals surface area contributed by atoms with Crippen molar-refractivity contribution < 1.29 is 9.90 Å². The fourth-order valence-corrected chi connectivity index (χ4v) is 4.74. The van der Waals surface area contributed by atoms with Gasteiger partial charge in [0.05, 0.1) is 10.2 Å². The van der Waals surface area contributed by atoms with Crippen LogP contribution >= 0.6 is 11.3 Å². The molecule has 0 unspecified atom stereocenters. The monoisotopic (exact) mass is 431 g/mol. The minimum atomic E-state index is -0.345. The number of carbonyl (C=O) groups excluding carboxylic acids is 1. The predicted octanol–water partition coefficient (Wildman–Crippen LogP) is 2.12. The van der Waals surface area contributed by atoms with Crippen molar-refractivity contribution in [3.8, 4) is 17.5 Å². The van der Waals surface area contributed by atoms with E-state index in [9.17, 15) is 20.0 Å². The van der Waals surface area contributed by atoms with Crippen molar-refractivity contribution in [2.24, 2.45) is 0 Å². The molecule has 0 saturated carbocycles. The van der Waals surface area contributed by atoms with Gasteiger partial charge in [0.25, 0.3) is 11.5 Å². The molecule has 31 heavy (non-hydrogen) atoms. The second-order valence-electron chi connectivity index (χ2n) is 7.29. The number of nitriles is 1. The Kier molecular flexibility index (Phi) is 6.01. The SMILES string of the molecule is N#C/C(C(=O)N1CCCCC1)=c1/s/c(=C\c2ccccc2O)c(=O)n1-c1ccccc1. The number of aromatic hydroxyl groups is 1. The maximum atomic E-state index is 13.3. The molecule has 0 spiro atoms. The summed E-state index contributed by atoms with van der Waals surface area (Å²) < 4.78 is 2.05. The molecular formula is C24H21N3O3S. The summed E-state index contributed by atoms with van der Waals surface area (Å²) in [6.45, 7) is 1.23. The number of piperidine rings is 1. The molecule has 0 radical (unpaired) electrons. The molecule has 6 nitrogen and oxygen atoms in total. The largest absolute Gasteiger partial charge is 0.507 e. The lowest BCUT2D eigenvalue weighted by Crippen LogP contribution is -2.39. The molecule has 0 bridgehead atoms. The van der Waals surface area contributed by atoms with Gasteiger partial charge in [0, 0.05) is 18.7 Å². The number of nitrogens with zero attached hydrogens (tertiary/aromatic N) is 3. The maximum Gasteiger partial charge on any atom is 0.273 e. The molecule has 1 fully saturated rings. The van der Waals surface area contributed by atoms with E-state index in [4.69, 9.17) is 0 Å². The fraction of sp³-hybridized carbons (Fsp3) is 0.208. The van der Waals surface area contributed by atoms with Crippen molar-refractivity contribution in [1.82, 2.24) is 9.47 Å². The van der Waals surface area contributed by atoms with Gasteiger partial charge in [0.2, 0.25) is 0 Å². The molecule has 2 heterocycles. The average Bonchev–Trinajstić information content (AvgIpc) is 3.12. The number of rotatable bonds is 3. The van der Waals surface area contributed by atoms with E-state index in [0.29, 0.717) is 33.5 Å². The molecular weight excluding hydrogens is 410 g/mol. The first-order valence-corrected chi connectivity index (χ1v) is 10.9. The second-order valence-corrected chi connectivity index (χ2v) is 8.32. The first kappa shape index (κ1) is 20.6. The van der Waals surface area contributed by atoms with E-state index in [2.05, 4.69) is 6.07 Å². The Balaban J connectivity index is 2.00. The van der Waals surface area contributed by atoms with Gasteiger partial charge in [-0.3, -0.25) is 14.2 Å². The predicted molar refractivity (Wildman–Crippen MR) is 120 cm³/mol. The minimum Gasteiger partial charge on any atom is -0.507 e. The van der Waals surface area contributed by atoms with Crippen LogP contribution in [0.3, 0.4) is 0 Å². The summed E-state index contributed by atoms with van der Waals surface area (Å²) in [4.78, 5) is 28.2. The molecule has 1 aliphatic heterocycles. The number of amides is 1. The Morgan fingerprint density at radius 1 is 1.03 bits per heavy atom. The molecule has 7 heteroatoms. The van der Waals surface area contributed by atoms with Gasteiger partial charge in [-0.25, -0.2) is 0 Å². The molecule has 1 N–H and O–H groups in total. The van der Waals surface area contributed by atoms with Gasteiger partial charge in [-0.05, 0) is 43.5 Å². The second kappa shape index (κ2) is 9.02. The highest BCUT2D eigenvalue weighted by molar-refractivity contribution is 7.07. The smallest absolute Gasteiger partial charge is 0.273 e. The van der Waals surface area contributed by atoms with Crippen LogP contribution in [0.5, 0.6) is 5.75 Å². The number of hydrogen-bond acceptors (Lipinski definition) is 5. The number of phenolic OH excluding ortho intramolecular Hbond substituents is 1. The lowest BCUT2D eigenvalue weighted by atomic mass is 10.1. The lowest BCUT2D eigenvalue weighted by molar-refractivity contribution is -0.125. The van der Waals surface area contributed by atoms with Crippen LogP contribution in [0, 0.1) is 11.3 Å². The Labute approximate surface area is 183 Å². The van der Waals surface area contributed by atoms with E-state index >= 15 is 0 Å². The van der Waals surface area contributed by atoms with E-state index in [1.807, 2.05) is 6.07 Å². The third-order valence-electron chi connectivity index (χ3n) is 5.24. The molecule has 1 saturated heterocycles. The quantitative estimate of drug-likeness (QED) is 0.688. The van der Waals surface area contributed by atoms with Crippen LogP contribution in [0.4, 0.5) is 0 Å². The Morgan fingerprint density at radius 2 is 1.71 bits per heavy atom. The summed E-state index contributed by atoms with van der Waals surface area (Å²) in [5, 5.41) is 20.0.